The van der Waals surface area contributed by atoms with Gasteiger partial charge in [0.15, 0.2) is 0 Å². The van der Waals surface area contributed by atoms with Crippen LogP contribution in [0.5, 0.6) is 0 Å². The summed E-state index contributed by atoms with van der Waals surface area (Å²) in [4.78, 5) is 2.15. The van der Waals surface area contributed by atoms with Crippen molar-refractivity contribution >= 4 is 5.69 Å². The van der Waals surface area contributed by atoms with Crippen LogP contribution >= 0.6 is 0 Å². The number of hydrogen-bond acceptors (Lipinski definition) is 2. The monoisotopic (exact) mass is 230 g/mol. The smallest absolute Gasteiger partial charge is 0.124 e. The van der Waals surface area contributed by atoms with Crippen molar-refractivity contribution in [2.75, 3.05) is 18.0 Å². The van der Waals surface area contributed by atoms with Gasteiger partial charge in [-0.3, -0.25) is 0 Å². The van der Waals surface area contributed by atoms with Crippen molar-refractivity contribution in [1.82, 2.24) is 0 Å². The molecule has 1 aliphatic heterocycles. The van der Waals surface area contributed by atoms with E-state index in [0.29, 0.717) is 11.5 Å². The van der Waals surface area contributed by atoms with E-state index in [2.05, 4.69) is 17.5 Å². The first kappa shape index (κ1) is 11.7. The Kier molecular flexibility index (Phi) is 3.43. The molecular weight excluding hydrogens is 215 g/mol. The van der Waals surface area contributed by atoms with Gasteiger partial charge in [-0.15, -0.1) is 6.58 Å². The van der Waals surface area contributed by atoms with Crippen LogP contribution in [0.4, 0.5) is 10.1 Å². The van der Waals surface area contributed by atoms with Crippen LogP contribution in [0.15, 0.2) is 30.9 Å². The Labute approximate surface area is 101 Å². The van der Waals surface area contributed by atoms with Crippen LogP contribution in [0, 0.1) is 23.1 Å². The number of hydrogen-bond donors (Lipinski definition) is 0. The van der Waals surface area contributed by atoms with Gasteiger partial charge < -0.3 is 4.90 Å². The van der Waals surface area contributed by atoms with Gasteiger partial charge >= 0.3 is 0 Å². The molecule has 0 saturated carbocycles. The Morgan fingerprint density at radius 3 is 2.71 bits per heavy atom. The third-order valence-corrected chi connectivity index (χ3v) is 3.29. The highest BCUT2D eigenvalue weighted by Gasteiger charge is 2.19. The van der Waals surface area contributed by atoms with Crippen LogP contribution in [0.2, 0.25) is 0 Å². The summed E-state index contributed by atoms with van der Waals surface area (Å²) in [6.07, 6.45) is 4.09. The minimum atomic E-state index is -0.355. The van der Waals surface area contributed by atoms with E-state index in [4.69, 9.17) is 5.26 Å². The van der Waals surface area contributed by atoms with Gasteiger partial charge in [0, 0.05) is 13.1 Å². The molecule has 0 unspecified atom stereocenters. The first-order valence-corrected chi connectivity index (χ1v) is 5.81. The number of piperidine rings is 1. The summed E-state index contributed by atoms with van der Waals surface area (Å²) in [6.45, 7) is 5.61. The molecule has 0 spiro atoms. The van der Waals surface area contributed by atoms with Crippen molar-refractivity contribution in [3.8, 4) is 6.07 Å². The zero-order chi connectivity index (χ0) is 12.3. The lowest BCUT2D eigenvalue weighted by Gasteiger charge is -2.32. The fourth-order valence-electron chi connectivity index (χ4n) is 2.25. The molecule has 2 rings (SSSR count). The summed E-state index contributed by atoms with van der Waals surface area (Å²) in [5.41, 5.74) is 1.26. The number of nitrogens with zero attached hydrogens (tertiary/aromatic N) is 2. The lowest BCUT2D eigenvalue weighted by atomic mass is 9.96. The highest BCUT2D eigenvalue weighted by Crippen LogP contribution is 2.26. The van der Waals surface area contributed by atoms with Gasteiger partial charge in [-0.25, -0.2) is 4.39 Å². The van der Waals surface area contributed by atoms with Crippen LogP contribution in [0.3, 0.4) is 0 Å². The summed E-state index contributed by atoms with van der Waals surface area (Å²) in [6, 6.07) is 6.47. The number of halogens is 1. The number of benzene rings is 1. The van der Waals surface area contributed by atoms with Crippen molar-refractivity contribution in [2.24, 2.45) is 5.92 Å². The Morgan fingerprint density at radius 1 is 1.41 bits per heavy atom. The summed E-state index contributed by atoms with van der Waals surface area (Å²) in [5, 5.41) is 9.01. The first-order valence-electron chi connectivity index (χ1n) is 5.81. The molecule has 3 heteroatoms. The third kappa shape index (κ3) is 2.47. The number of anilines is 1. The SMILES string of the molecule is C=CC1CCN(c2ccc(F)cc2C#N)CC1. The maximum atomic E-state index is 13.0. The van der Waals surface area contributed by atoms with Crippen molar-refractivity contribution in [2.45, 2.75) is 12.8 Å². The van der Waals surface area contributed by atoms with Gasteiger partial charge in [0.25, 0.3) is 0 Å². The fraction of sp³-hybridized carbons (Fsp3) is 0.357. The summed E-state index contributed by atoms with van der Waals surface area (Å²) < 4.78 is 13.0. The summed E-state index contributed by atoms with van der Waals surface area (Å²) in [7, 11) is 0. The fourth-order valence-corrected chi connectivity index (χ4v) is 2.25. The zero-order valence-electron chi connectivity index (χ0n) is 9.69. The average Bonchev–Trinajstić information content (AvgIpc) is 2.39. The normalized spacial score (nSPS) is 16.6. The summed E-state index contributed by atoms with van der Waals surface area (Å²) in [5.74, 6) is 0.212. The second-order valence-electron chi connectivity index (χ2n) is 4.33. The van der Waals surface area contributed by atoms with E-state index in [-0.39, 0.29) is 5.82 Å². The molecule has 0 amide bonds. The van der Waals surface area contributed by atoms with E-state index in [0.717, 1.165) is 31.6 Å². The Morgan fingerprint density at radius 2 is 2.12 bits per heavy atom. The zero-order valence-corrected chi connectivity index (χ0v) is 9.69. The number of rotatable bonds is 2. The van der Waals surface area contributed by atoms with Gasteiger partial charge in [-0.2, -0.15) is 5.26 Å². The molecule has 1 saturated heterocycles. The maximum Gasteiger partial charge on any atom is 0.124 e. The summed E-state index contributed by atoms with van der Waals surface area (Å²) >= 11 is 0. The number of nitriles is 1. The molecule has 17 heavy (non-hydrogen) atoms. The molecule has 88 valence electrons. The van der Waals surface area contributed by atoms with E-state index in [1.54, 1.807) is 6.07 Å². The maximum absolute atomic E-state index is 13.0. The van der Waals surface area contributed by atoms with E-state index >= 15 is 0 Å². The van der Waals surface area contributed by atoms with Crippen molar-refractivity contribution < 1.29 is 4.39 Å². The molecular formula is C14H15FN2. The lowest BCUT2D eigenvalue weighted by Crippen LogP contribution is -2.33. The van der Waals surface area contributed by atoms with E-state index in [1.807, 2.05) is 6.08 Å². The molecule has 0 aliphatic carbocycles. The minimum absolute atomic E-state index is 0.355. The second kappa shape index (κ2) is 5.01. The molecule has 1 fully saturated rings. The molecule has 0 atom stereocenters. The van der Waals surface area contributed by atoms with Gasteiger partial charge in [0.05, 0.1) is 11.3 Å². The van der Waals surface area contributed by atoms with E-state index in [9.17, 15) is 4.39 Å². The highest BCUT2D eigenvalue weighted by molar-refractivity contribution is 5.59. The van der Waals surface area contributed by atoms with E-state index in [1.165, 1.54) is 12.1 Å². The van der Waals surface area contributed by atoms with Gasteiger partial charge in [-0.05, 0) is 37.0 Å². The van der Waals surface area contributed by atoms with Gasteiger partial charge in [0.1, 0.15) is 11.9 Å². The van der Waals surface area contributed by atoms with Gasteiger partial charge in [-0.1, -0.05) is 6.08 Å². The van der Waals surface area contributed by atoms with Crippen LogP contribution < -0.4 is 4.90 Å². The minimum Gasteiger partial charge on any atom is -0.370 e. The largest absolute Gasteiger partial charge is 0.370 e. The number of allylic oxidation sites excluding steroid dienone is 1. The van der Waals surface area contributed by atoms with E-state index < -0.39 is 0 Å². The molecule has 1 aromatic rings. The highest BCUT2D eigenvalue weighted by atomic mass is 19.1. The topological polar surface area (TPSA) is 27.0 Å². The average molecular weight is 230 g/mol. The Bertz CT molecular complexity index is 454. The third-order valence-electron chi connectivity index (χ3n) is 3.29. The molecule has 1 heterocycles. The molecule has 2 nitrogen and oxygen atoms in total. The molecule has 0 bridgehead atoms. The molecule has 1 aliphatic rings. The van der Waals surface area contributed by atoms with Gasteiger partial charge in [0.2, 0.25) is 0 Å². The Hall–Kier alpha value is -1.82. The lowest BCUT2D eigenvalue weighted by molar-refractivity contribution is 0.479. The van der Waals surface area contributed by atoms with Crippen molar-refractivity contribution in [3.63, 3.8) is 0 Å². The first-order chi connectivity index (χ1) is 8.24. The van der Waals surface area contributed by atoms with Crippen LogP contribution in [-0.4, -0.2) is 13.1 Å². The Balaban J connectivity index is 2.19. The molecule has 0 N–H and O–H groups in total. The second-order valence-corrected chi connectivity index (χ2v) is 4.33. The van der Waals surface area contributed by atoms with Crippen LogP contribution in [0.1, 0.15) is 18.4 Å². The van der Waals surface area contributed by atoms with Crippen molar-refractivity contribution in [3.05, 3.63) is 42.2 Å². The van der Waals surface area contributed by atoms with Crippen LogP contribution in [0.25, 0.3) is 0 Å². The standard InChI is InChI=1S/C14H15FN2/c1-2-11-5-7-17(8-6-11)14-4-3-13(15)9-12(14)10-16/h2-4,9,11H,1,5-8H2. The predicted molar refractivity (Wildman–Crippen MR) is 66.2 cm³/mol. The molecule has 0 radical (unpaired) electrons. The van der Waals surface area contributed by atoms with Crippen molar-refractivity contribution in [1.29, 1.82) is 5.26 Å². The quantitative estimate of drug-likeness (QED) is 0.730. The predicted octanol–water partition coefficient (Wildman–Crippen LogP) is 3.10. The van der Waals surface area contributed by atoms with Crippen LogP contribution in [-0.2, 0) is 0 Å². The molecule has 1 aromatic carbocycles. The molecule has 0 aromatic heterocycles.